The van der Waals surface area contributed by atoms with E-state index < -0.39 is 10.2 Å². The third-order valence-corrected chi connectivity index (χ3v) is 5.71. The number of nitrogens with one attached hydrogen (secondary N) is 1. The van der Waals surface area contributed by atoms with Gasteiger partial charge >= 0.3 is 10.2 Å². The summed E-state index contributed by atoms with van der Waals surface area (Å²) in [5.41, 5.74) is 3.16. The zero-order valence-corrected chi connectivity index (χ0v) is 14.2. The maximum atomic E-state index is 13.1. The summed E-state index contributed by atoms with van der Waals surface area (Å²) >= 11 is 0. The van der Waals surface area contributed by atoms with Gasteiger partial charge in [0.05, 0.1) is 17.1 Å². The van der Waals surface area contributed by atoms with Gasteiger partial charge in [0.25, 0.3) is 0 Å². The lowest BCUT2D eigenvalue weighted by atomic mass is 10.2. The molecule has 0 radical (unpaired) electrons. The molecule has 1 aliphatic rings. The third-order valence-electron chi connectivity index (χ3n) is 3.90. The van der Waals surface area contributed by atoms with Crippen LogP contribution in [0.1, 0.15) is 12.0 Å². The number of hydrogen-bond donors (Lipinski definition) is 1. The van der Waals surface area contributed by atoms with Crippen LogP contribution in [0.4, 0.5) is 17.1 Å². The second-order valence-corrected chi connectivity index (χ2v) is 7.33. The Morgan fingerprint density at radius 2 is 1.78 bits per heavy atom. The number of fused-ring (bicyclic) bond motifs is 1. The van der Waals surface area contributed by atoms with E-state index >= 15 is 0 Å². The summed E-state index contributed by atoms with van der Waals surface area (Å²) in [5.74, 6) is 0. The molecule has 0 saturated carbocycles. The highest BCUT2D eigenvalue weighted by Gasteiger charge is 2.40. The quantitative estimate of drug-likeness (QED) is 0.857. The minimum atomic E-state index is -3.60. The Balaban J connectivity index is 2.07. The normalized spacial score (nSPS) is 15.7. The van der Waals surface area contributed by atoms with E-state index in [9.17, 15) is 8.42 Å². The van der Waals surface area contributed by atoms with E-state index in [4.69, 9.17) is 0 Å². The number of rotatable bonds is 5. The molecule has 0 saturated heterocycles. The van der Waals surface area contributed by atoms with Crippen molar-refractivity contribution < 1.29 is 8.42 Å². The Hall–Kier alpha value is -2.05. The minimum absolute atomic E-state index is 0.461. The van der Waals surface area contributed by atoms with Gasteiger partial charge in [0.2, 0.25) is 0 Å². The number of benzene rings is 2. The van der Waals surface area contributed by atoms with E-state index in [1.807, 2.05) is 62.5 Å². The topological polar surface area (TPSA) is 52.6 Å². The third kappa shape index (κ3) is 2.80. The molecule has 0 atom stereocenters. The summed E-state index contributed by atoms with van der Waals surface area (Å²) in [6.07, 6.45) is 0.756. The Morgan fingerprint density at radius 1 is 1.04 bits per heavy atom. The molecule has 23 heavy (non-hydrogen) atoms. The van der Waals surface area contributed by atoms with Gasteiger partial charge in [-0.2, -0.15) is 8.42 Å². The van der Waals surface area contributed by atoms with Crippen molar-refractivity contribution in [3.05, 3.63) is 54.1 Å². The zero-order chi connectivity index (χ0) is 16.4. The van der Waals surface area contributed by atoms with Crippen LogP contribution in [0.15, 0.2) is 48.5 Å². The summed E-state index contributed by atoms with van der Waals surface area (Å²) in [5, 5.41) is 3.06. The van der Waals surface area contributed by atoms with Gasteiger partial charge in [0, 0.05) is 6.54 Å². The summed E-state index contributed by atoms with van der Waals surface area (Å²) in [6, 6.07) is 15.0. The largest absolute Gasteiger partial charge is 0.330 e. The molecule has 5 nitrogen and oxygen atoms in total. The second kappa shape index (κ2) is 6.22. The molecule has 0 fully saturated rings. The molecular weight excluding hydrogens is 310 g/mol. The predicted molar refractivity (Wildman–Crippen MR) is 94.6 cm³/mol. The van der Waals surface area contributed by atoms with Crippen molar-refractivity contribution in [1.29, 1.82) is 0 Å². The standard InChI is InChI=1S/C17H21N3O2S/c1-14-7-5-8-15(13-14)20-17-10-4-3-9-16(17)19(23(20,21)22)12-6-11-18-2/h3-5,7-10,13,18H,6,11-12H2,1-2H3. The van der Waals surface area contributed by atoms with Gasteiger partial charge in [-0.3, -0.25) is 4.31 Å². The Morgan fingerprint density at radius 3 is 2.48 bits per heavy atom. The van der Waals surface area contributed by atoms with Crippen LogP contribution < -0.4 is 13.9 Å². The molecule has 0 aromatic heterocycles. The van der Waals surface area contributed by atoms with Crippen molar-refractivity contribution in [2.24, 2.45) is 0 Å². The van der Waals surface area contributed by atoms with Crippen LogP contribution in [0.3, 0.4) is 0 Å². The van der Waals surface area contributed by atoms with E-state index in [0.29, 0.717) is 17.9 Å². The predicted octanol–water partition coefficient (Wildman–Crippen LogP) is 2.81. The molecule has 1 heterocycles. The van der Waals surface area contributed by atoms with Crippen molar-refractivity contribution >= 4 is 27.3 Å². The number of aryl methyl sites for hydroxylation is 1. The molecular formula is C17H21N3O2S. The van der Waals surface area contributed by atoms with E-state index in [0.717, 1.165) is 24.2 Å². The highest BCUT2D eigenvalue weighted by Crippen LogP contribution is 2.45. The fourth-order valence-electron chi connectivity index (χ4n) is 2.86. The van der Waals surface area contributed by atoms with Gasteiger partial charge in [0.1, 0.15) is 0 Å². The molecule has 122 valence electrons. The van der Waals surface area contributed by atoms with Crippen molar-refractivity contribution in [3.63, 3.8) is 0 Å². The maximum absolute atomic E-state index is 13.1. The number of nitrogens with zero attached hydrogens (tertiary/aromatic N) is 2. The molecule has 0 unspecified atom stereocenters. The number of anilines is 3. The smallest absolute Gasteiger partial charge is 0.320 e. The first-order valence-corrected chi connectivity index (χ1v) is 9.08. The number of para-hydroxylation sites is 2. The average molecular weight is 331 g/mol. The second-order valence-electron chi connectivity index (χ2n) is 5.63. The first-order chi connectivity index (χ1) is 11.1. The zero-order valence-electron chi connectivity index (χ0n) is 13.4. The van der Waals surface area contributed by atoms with Crippen LogP contribution in [-0.4, -0.2) is 28.6 Å². The average Bonchev–Trinajstić information content (AvgIpc) is 2.74. The number of hydrogen-bond acceptors (Lipinski definition) is 3. The lowest BCUT2D eigenvalue weighted by molar-refractivity contribution is 0.591. The highest BCUT2D eigenvalue weighted by molar-refractivity contribution is 7.95. The van der Waals surface area contributed by atoms with Crippen LogP contribution in [-0.2, 0) is 10.2 Å². The summed E-state index contributed by atoms with van der Waals surface area (Å²) in [4.78, 5) is 0. The van der Waals surface area contributed by atoms with Gasteiger partial charge in [-0.05, 0) is 56.8 Å². The maximum Gasteiger partial charge on any atom is 0.330 e. The van der Waals surface area contributed by atoms with Gasteiger partial charge in [-0.25, -0.2) is 4.31 Å². The first kappa shape index (κ1) is 15.8. The van der Waals surface area contributed by atoms with Crippen LogP contribution in [0, 0.1) is 6.92 Å². The monoisotopic (exact) mass is 331 g/mol. The van der Waals surface area contributed by atoms with Gasteiger partial charge in [-0.15, -0.1) is 0 Å². The fourth-order valence-corrected chi connectivity index (χ4v) is 4.60. The molecule has 2 aromatic carbocycles. The van der Waals surface area contributed by atoms with Gasteiger partial charge < -0.3 is 5.32 Å². The first-order valence-electron chi connectivity index (χ1n) is 7.69. The summed E-state index contributed by atoms with van der Waals surface area (Å²) in [7, 11) is -1.73. The molecule has 0 aliphatic carbocycles. The van der Waals surface area contributed by atoms with E-state index in [1.165, 1.54) is 8.61 Å². The highest BCUT2D eigenvalue weighted by atomic mass is 32.2. The van der Waals surface area contributed by atoms with Crippen molar-refractivity contribution in [2.45, 2.75) is 13.3 Å². The SMILES string of the molecule is CNCCCN1c2ccccc2N(c2cccc(C)c2)S1(=O)=O. The lowest BCUT2D eigenvalue weighted by Gasteiger charge is -2.22. The summed E-state index contributed by atoms with van der Waals surface area (Å²) < 4.78 is 29.1. The van der Waals surface area contributed by atoms with E-state index in [-0.39, 0.29) is 0 Å². The Bertz CT molecular complexity index is 805. The minimum Gasteiger partial charge on any atom is -0.320 e. The Labute approximate surface area is 137 Å². The molecule has 0 bridgehead atoms. The van der Waals surface area contributed by atoms with E-state index in [1.54, 1.807) is 0 Å². The van der Waals surface area contributed by atoms with Crippen LogP contribution in [0.5, 0.6) is 0 Å². The van der Waals surface area contributed by atoms with Crippen LogP contribution in [0.25, 0.3) is 0 Å². The lowest BCUT2D eigenvalue weighted by Crippen LogP contribution is -2.36. The van der Waals surface area contributed by atoms with E-state index in [2.05, 4.69) is 5.32 Å². The molecule has 2 aromatic rings. The van der Waals surface area contributed by atoms with Crippen molar-refractivity contribution in [1.82, 2.24) is 5.32 Å². The van der Waals surface area contributed by atoms with Gasteiger partial charge in [0.15, 0.2) is 0 Å². The van der Waals surface area contributed by atoms with Crippen molar-refractivity contribution in [2.75, 3.05) is 28.7 Å². The Kier molecular flexibility index (Phi) is 4.28. The molecule has 1 aliphatic heterocycles. The fraction of sp³-hybridized carbons (Fsp3) is 0.294. The molecule has 6 heteroatoms. The summed E-state index contributed by atoms with van der Waals surface area (Å²) in [6.45, 7) is 3.20. The molecule has 3 rings (SSSR count). The van der Waals surface area contributed by atoms with Crippen LogP contribution in [0.2, 0.25) is 0 Å². The van der Waals surface area contributed by atoms with Gasteiger partial charge in [-0.1, -0.05) is 24.3 Å². The molecule has 0 spiro atoms. The van der Waals surface area contributed by atoms with Crippen molar-refractivity contribution in [3.8, 4) is 0 Å². The molecule has 0 amide bonds. The molecule has 1 N–H and O–H groups in total. The van der Waals surface area contributed by atoms with Crippen LogP contribution >= 0.6 is 0 Å².